The lowest BCUT2D eigenvalue weighted by molar-refractivity contribution is 1.09. The summed E-state index contributed by atoms with van der Waals surface area (Å²) in [5.74, 6) is 1.91. The van der Waals surface area contributed by atoms with E-state index in [4.69, 9.17) is 4.98 Å². The quantitative estimate of drug-likeness (QED) is 0.502. The minimum absolute atomic E-state index is 0.913. The summed E-state index contributed by atoms with van der Waals surface area (Å²) in [6.45, 7) is 2.10. The number of pyridine rings is 2. The molecule has 0 fully saturated rings. The molecule has 4 aromatic rings. The summed E-state index contributed by atoms with van der Waals surface area (Å²) < 4.78 is 2.21. The van der Waals surface area contributed by atoms with E-state index in [9.17, 15) is 0 Å². The highest BCUT2D eigenvalue weighted by Crippen LogP contribution is 2.28. The summed E-state index contributed by atoms with van der Waals surface area (Å²) in [4.78, 5) is 9.02. The minimum atomic E-state index is 0.913. The Hall–Kier alpha value is -2.59. The SMILES string of the molecule is Cc1ccn2c(CSCc3ccccc3)c(-c3ccncc3)nc2c1. The third kappa shape index (κ3) is 3.44. The van der Waals surface area contributed by atoms with Crippen molar-refractivity contribution in [2.45, 2.75) is 18.4 Å². The molecule has 0 bridgehead atoms. The van der Waals surface area contributed by atoms with Crippen LogP contribution in [0.3, 0.4) is 0 Å². The summed E-state index contributed by atoms with van der Waals surface area (Å²) in [6, 6.07) is 18.9. The van der Waals surface area contributed by atoms with Crippen LogP contribution in [0.4, 0.5) is 0 Å². The molecule has 1 aromatic carbocycles. The molecule has 3 heterocycles. The fourth-order valence-electron chi connectivity index (χ4n) is 2.92. The number of benzene rings is 1. The van der Waals surface area contributed by atoms with Gasteiger partial charge in [-0.05, 0) is 42.3 Å². The molecule has 0 radical (unpaired) electrons. The molecule has 0 N–H and O–H groups in total. The standard InChI is InChI=1S/C21H19N3S/c1-16-9-12-24-19(15-25-14-17-5-3-2-4-6-17)21(23-20(24)13-16)18-7-10-22-11-8-18/h2-13H,14-15H2,1H3. The van der Waals surface area contributed by atoms with Gasteiger partial charge in [0.25, 0.3) is 0 Å². The summed E-state index contributed by atoms with van der Waals surface area (Å²) in [5.41, 5.74) is 6.98. The molecule has 25 heavy (non-hydrogen) atoms. The summed E-state index contributed by atoms with van der Waals surface area (Å²) in [7, 11) is 0. The first kappa shape index (κ1) is 15.9. The largest absolute Gasteiger partial charge is 0.303 e. The lowest BCUT2D eigenvalue weighted by Gasteiger charge is -2.06. The van der Waals surface area contributed by atoms with Crippen LogP contribution in [0.2, 0.25) is 0 Å². The zero-order chi connectivity index (χ0) is 17.1. The molecular weight excluding hydrogens is 326 g/mol. The Bertz CT molecular complexity index is 978. The van der Waals surface area contributed by atoms with Gasteiger partial charge in [-0.15, -0.1) is 0 Å². The zero-order valence-corrected chi connectivity index (χ0v) is 14.9. The fraction of sp³-hybridized carbons (Fsp3) is 0.143. The number of aryl methyl sites for hydroxylation is 1. The van der Waals surface area contributed by atoms with Gasteiger partial charge < -0.3 is 4.40 Å². The van der Waals surface area contributed by atoms with Crippen molar-refractivity contribution in [3.63, 3.8) is 0 Å². The van der Waals surface area contributed by atoms with Crippen molar-refractivity contribution in [2.24, 2.45) is 0 Å². The molecule has 0 unspecified atom stereocenters. The average Bonchev–Trinajstić information content (AvgIpc) is 3.01. The van der Waals surface area contributed by atoms with Crippen molar-refractivity contribution in [2.75, 3.05) is 0 Å². The maximum atomic E-state index is 4.89. The van der Waals surface area contributed by atoms with Crippen LogP contribution in [0.15, 0.2) is 73.2 Å². The van der Waals surface area contributed by atoms with Crippen LogP contribution in [0.1, 0.15) is 16.8 Å². The topological polar surface area (TPSA) is 30.2 Å². The lowest BCUT2D eigenvalue weighted by Crippen LogP contribution is -1.94. The average molecular weight is 345 g/mol. The van der Waals surface area contributed by atoms with E-state index in [1.165, 1.54) is 16.8 Å². The van der Waals surface area contributed by atoms with Crippen molar-refractivity contribution in [3.8, 4) is 11.3 Å². The van der Waals surface area contributed by atoms with E-state index in [-0.39, 0.29) is 0 Å². The molecule has 4 rings (SSSR count). The Labute approximate surface area is 151 Å². The molecule has 0 aliphatic heterocycles. The monoisotopic (exact) mass is 345 g/mol. The molecule has 3 aromatic heterocycles. The molecule has 0 aliphatic carbocycles. The maximum Gasteiger partial charge on any atom is 0.137 e. The number of thioether (sulfide) groups is 1. The van der Waals surface area contributed by atoms with Gasteiger partial charge in [0.1, 0.15) is 5.65 Å². The van der Waals surface area contributed by atoms with Crippen LogP contribution in [0.5, 0.6) is 0 Å². The van der Waals surface area contributed by atoms with Crippen LogP contribution in [0.25, 0.3) is 16.9 Å². The van der Waals surface area contributed by atoms with Gasteiger partial charge in [0.15, 0.2) is 0 Å². The van der Waals surface area contributed by atoms with Crippen LogP contribution in [-0.2, 0) is 11.5 Å². The summed E-state index contributed by atoms with van der Waals surface area (Å²) in [5, 5.41) is 0. The van der Waals surface area contributed by atoms with E-state index in [1.807, 2.05) is 36.3 Å². The number of nitrogens with zero attached hydrogens (tertiary/aromatic N) is 3. The first-order chi connectivity index (χ1) is 12.3. The van der Waals surface area contributed by atoms with E-state index in [1.54, 1.807) is 0 Å². The Morgan fingerprint density at radius 2 is 1.76 bits per heavy atom. The van der Waals surface area contributed by atoms with Crippen LogP contribution >= 0.6 is 11.8 Å². The predicted molar refractivity (Wildman–Crippen MR) is 105 cm³/mol. The zero-order valence-electron chi connectivity index (χ0n) is 14.1. The Balaban J connectivity index is 1.68. The van der Waals surface area contributed by atoms with Gasteiger partial charge in [-0.1, -0.05) is 30.3 Å². The molecule has 124 valence electrons. The molecule has 4 heteroatoms. The van der Waals surface area contributed by atoms with E-state index in [0.29, 0.717) is 0 Å². The Morgan fingerprint density at radius 1 is 0.960 bits per heavy atom. The number of hydrogen-bond acceptors (Lipinski definition) is 3. The van der Waals surface area contributed by atoms with Gasteiger partial charge in [-0.25, -0.2) is 4.98 Å². The second kappa shape index (κ2) is 7.11. The van der Waals surface area contributed by atoms with Crippen molar-refractivity contribution in [3.05, 3.63) is 90.0 Å². The van der Waals surface area contributed by atoms with Crippen molar-refractivity contribution < 1.29 is 0 Å². The number of imidazole rings is 1. The molecule has 3 nitrogen and oxygen atoms in total. The Kier molecular flexibility index (Phi) is 4.53. The molecule has 0 amide bonds. The molecule has 0 aliphatic rings. The van der Waals surface area contributed by atoms with Crippen LogP contribution in [-0.4, -0.2) is 14.4 Å². The minimum Gasteiger partial charge on any atom is -0.303 e. The van der Waals surface area contributed by atoms with Gasteiger partial charge in [0.05, 0.1) is 11.4 Å². The van der Waals surface area contributed by atoms with Crippen LogP contribution < -0.4 is 0 Å². The highest BCUT2D eigenvalue weighted by atomic mass is 32.2. The molecule has 0 spiro atoms. The number of rotatable bonds is 5. The lowest BCUT2D eigenvalue weighted by atomic mass is 10.2. The Morgan fingerprint density at radius 3 is 2.56 bits per heavy atom. The highest BCUT2D eigenvalue weighted by molar-refractivity contribution is 7.97. The third-order valence-electron chi connectivity index (χ3n) is 4.18. The third-order valence-corrected chi connectivity index (χ3v) is 5.20. The molecular formula is C21H19N3S. The van der Waals surface area contributed by atoms with Gasteiger partial charge in [0.2, 0.25) is 0 Å². The van der Waals surface area contributed by atoms with Crippen LogP contribution in [0, 0.1) is 6.92 Å². The number of aromatic nitrogens is 3. The van der Waals surface area contributed by atoms with Crippen molar-refractivity contribution >= 4 is 17.4 Å². The van der Waals surface area contributed by atoms with E-state index < -0.39 is 0 Å². The number of hydrogen-bond donors (Lipinski definition) is 0. The van der Waals surface area contributed by atoms with Gasteiger partial charge in [-0.3, -0.25) is 4.98 Å². The normalized spacial score (nSPS) is 11.1. The second-order valence-electron chi connectivity index (χ2n) is 6.05. The van der Waals surface area contributed by atoms with E-state index in [0.717, 1.165) is 28.4 Å². The molecule has 0 atom stereocenters. The highest BCUT2D eigenvalue weighted by Gasteiger charge is 2.14. The second-order valence-corrected chi connectivity index (χ2v) is 7.04. The first-order valence-corrected chi connectivity index (χ1v) is 9.46. The molecule has 0 saturated carbocycles. The number of fused-ring (bicyclic) bond motifs is 1. The van der Waals surface area contributed by atoms with Gasteiger partial charge in [0, 0.05) is 35.7 Å². The predicted octanol–water partition coefficient (Wildman–Crippen LogP) is 5.14. The molecule has 0 saturated heterocycles. The van der Waals surface area contributed by atoms with Gasteiger partial charge in [-0.2, -0.15) is 11.8 Å². The van der Waals surface area contributed by atoms with Crippen molar-refractivity contribution in [1.82, 2.24) is 14.4 Å². The summed E-state index contributed by atoms with van der Waals surface area (Å²) >= 11 is 1.92. The van der Waals surface area contributed by atoms with Crippen molar-refractivity contribution in [1.29, 1.82) is 0 Å². The summed E-state index contributed by atoms with van der Waals surface area (Å²) in [6.07, 6.45) is 5.78. The fourth-order valence-corrected chi connectivity index (χ4v) is 3.92. The first-order valence-electron chi connectivity index (χ1n) is 8.31. The maximum absolute atomic E-state index is 4.89. The van der Waals surface area contributed by atoms with E-state index in [2.05, 4.69) is 65.0 Å². The smallest absolute Gasteiger partial charge is 0.137 e. The van der Waals surface area contributed by atoms with E-state index >= 15 is 0 Å². The van der Waals surface area contributed by atoms with Gasteiger partial charge >= 0.3 is 0 Å².